The van der Waals surface area contributed by atoms with E-state index in [-0.39, 0.29) is 18.2 Å². The fourth-order valence-corrected chi connectivity index (χ4v) is 2.38. The molecular weight excluding hydrogens is 254 g/mol. The van der Waals surface area contributed by atoms with Crippen molar-refractivity contribution < 1.29 is 9.59 Å². The second-order valence-electron chi connectivity index (χ2n) is 4.99. The molecule has 1 aromatic carbocycles. The third-order valence-corrected chi connectivity index (χ3v) is 3.35. The SMILES string of the molecule is CC(=O)NCCC(=O)Nc1ccccc1N1CCCC1. The van der Waals surface area contributed by atoms with Crippen LogP contribution in [0.4, 0.5) is 11.4 Å². The zero-order chi connectivity index (χ0) is 14.4. The molecular formula is C15H21N3O2. The third-order valence-electron chi connectivity index (χ3n) is 3.35. The Labute approximate surface area is 119 Å². The second kappa shape index (κ2) is 6.93. The fourth-order valence-electron chi connectivity index (χ4n) is 2.38. The Morgan fingerprint density at radius 1 is 1.20 bits per heavy atom. The maximum absolute atomic E-state index is 11.9. The number of nitrogens with zero attached hydrogens (tertiary/aromatic N) is 1. The molecule has 0 bridgehead atoms. The molecule has 20 heavy (non-hydrogen) atoms. The number of nitrogens with one attached hydrogen (secondary N) is 2. The average Bonchev–Trinajstić information content (AvgIpc) is 2.92. The van der Waals surface area contributed by atoms with Crippen LogP contribution in [0.3, 0.4) is 0 Å². The number of para-hydroxylation sites is 2. The van der Waals surface area contributed by atoms with Gasteiger partial charge in [0.25, 0.3) is 0 Å². The first kappa shape index (κ1) is 14.4. The van der Waals surface area contributed by atoms with Gasteiger partial charge in [0.2, 0.25) is 11.8 Å². The van der Waals surface area contributed by atoms with E-state index in [2.05, 4.69) is 15.5 Å². The highest BCUT2D eigenvalue weighted by molar-refractivity contribution is 5.94. The molecule has 1 aromatic rings. The molecule has 0 radical (unpaired) electrons. The molecule has 2 rings (SSSR count). The van der Waals surface area contributed by atoms with Crippen LogP contribution < -0.4 is 15.5 Å². The van der Waals surface area contributed by atoms with Crippen LogP contribution >= 0.6 is 0 Å². The van der Waals surface area contributed by atoms with Gasteiger partial charge in [0.15, 0.2) is 0 Å². The summed E-state index contributed by atoms with van der Waals surface area (Å²) in [5, 5.41) is 5.55. The molecule has 0 aromatic heterocycles. The van der Waals surface area contributed by atoms with Gasteiger partial charge in [-0.1, -0.05) is 12.1 Å². The van der Waals surface area contributed by atoms with E-state index in [9.17, 15) is 9.59 Å². The summed E-state index contributed by atoms with van der Waals surface area (Å²) in [5.74, 6) is -0.194. The Balaban J connectivity index is 1.94. The Morgan fingerprint density at radius 3 is 2.60 bits per heavy atom. The number of hydrogen-bond acceptors (Lipinski definition) is 3. The highest BCUT2D eigenvalue weighted by atomic mass is 16.2. The van der Waals surface area contributed by atoms with Crippen molar-refractivity contribution in [3.8, 4) is 0 Å². The lowest BCUT2D eigenvalue weighted by atomic mass is 10.2. The highest BCUT2D eigenvalue weighted by Gasteiger charge is 2.16. The van der Waals surface area contributed by atoms with Gasteiger partial charge in [-0.25, -0.2) is 0 Å². The van der Waals surface area contributed by atoms with Crippen molar-refractivity contribution in [1.29, 1.82) is 0 Å². The topological polar surface area (TPSA) is 61.4 Å². The van der Waals surface area contributed by atoms with Crippen molar-refractivity contribution in [2.75, 3.05) is 29.9 Å². The molecule has 1 saturated heterocycles. The summed E-state index contributed by atoms with van der Waals surface area (Å²) >= 11 is 0. The summed E-state index contributed by atoms with van der Waals surface area (Å²) in [7, 11) is 0. The van der Waals surface area contributed by atoms with Crippen LogP contribution in [0.2, 0.25) is 0 Å². The maximum Gasteiger partial charge on any atom is 0.226 e. The number of amides is 2. The van der Waals surface area contributed by atoms with Crippen molar-refractivity contribution in [3.05, 3.63) is 24.3 Å². The minimum atomic E-state index is -0.115. The van der Waals surface area contributed by atoms with Crippen LogP contribution in [-0.4, -0.2) is 31.4 Å². The number of rotatable bonds is 5. The smallest absolute Gasteiger partial charge is 0.226 e. The minimum Gasteiger partial charge on any atom is -0.370 e. The van der Waals surface area contributed by atoms with Gasteiger partial charge in [0.1, 0.15) is 0 Å². The quantitative estimate of drug-likeness (QED) is 0.860. The maximum atomic E-state index is 11.9. The summed E-state index contributed by atoms with van der Waals surface area (Å²) in [5.41, 5.74) is 1.93. The average molecular weight is 275 g/mol. The van der Waals surface area contributed by atoms with Gasteiger partial charge >= 0.3 is 0 Å². The van der Waals surface area contributed by atoms with Crippen molar-refractivity contribution in [2.45, 2.75) is 26.2 Å². The van der Waals surface area contributed by atoms with Crippen LogP contribution in [0.5, 0.6) is 0 Å². The van der Waals surface area contributed by atoms with E-state index >= 15 is 0 Å². The molecule has 1 fully saturated rings. The zero-order valence-electron chi connectivity index (χ0n) is 11.8. The highest BCUT2D eigenvalue weighted by Crippen LogP contribution is 2.28. The largest absolute Gasteiger partial charge is 0.370 e. The molecule has 1 aliphatic rings. The van der Waals surface area contributed by atoms with E-state index in [1.807, 2.05) is 24.3 Å². The minimum absolute atomic E-state index is 0.0783. The molecule has 2 N–H and O–H groups in total. The van der Waals surface area contributed by atoms with Gasteiger partial charge in [-0.15, -0.1) is 0 Å². The Hall–Kier alpha value is -2.04. The number of carbonyl (C=O) groups is 2. The van der Waals surface area contributed by atoms with Crippen LogP contribution in [-0.2, 0) is 9.59 Å². The van der Waals surface area contributed by atoms with Gasteiger partial charge in [-0.2, -0.15) is 0 Å². The number of benzene rings is 1. The van der Waals surface area contributed by atoms with Crippen LogP contribution in [0.15, 0.2) is 24.3 Å². The van der Waals surface area contributed by atoms with E-state index in [4.69, 9.17) is 0 Å². The molecule has 5 heteroatoms. The molecule has 0 spiro atoms. The van der Waals surface area contributed by atoms with Crippen molar-refractivity contribution >= 4 is 23.2 Å². The Kier molecular flexibility index (Phi) is 4.98. The second-order valence-corrected chi connectivity index (χ2v) is 4.99. The van der Waals surface area contributed by atoms with E-state index in [1.165, 1.54) is 19.8 Å². The number of anilines is 2. The van der Waals surface area contributed by atoms with E-state index in [0.717, 1.165) is 24.5 Å². The molecule has 5 nitrogen and oxygen atoms in total. The van der Waals surface area contributed by atoms with Crippen LogP contribution in [0, 0.1) is 0 Å². The first-order valence-corrected chi connectivity index (χ1v) is 7.05. The van der Waals surface area contributed by atoms with Gasteiger partial charge in [-0.3, -0.25) is 9.59 Å². The lowest BCUT2D eigenvalue weighted by Gasteiger charge is -2.21. The summed E-state index contributed by atoms with van der Waals surface area (Å²) in [6, 6.07) is 7.86. The van der Waals surface area contributed by atoms with Crippen molar-refractivity contribution in [3.63, 3.8) is 0 Å². The predicted octanol–water partition coefficient (Wildman–Crippen LogP) is 1.75. The summed E-state index contributed by atoms with van der Waals surface area (Å²) in [6.45, 7) is 3.89. The van der Waals surface area contributed by atoms with Gasteiger partial charge in [0.05, 0.1) is 11.4 Å². The van der Waals surface area contributed by atoms with Crippen LogP contribution in [0.25, 0.3) is 0 Å². The zero-order valence-corrected chi connectivity index (χ0v) is 11.8. The predicted molar refractivity (Wildman–Crippen MR) is 79.8 cm³/mol. The molecule has 1 heterocycles. The molecule has 0 atom stereocenters. The molecule has 2 amide bonds. The van der Waals surface area contributed by atoms with E-state index in [0.29, 0.717) is 6.54 Å². The molecule has 1 aliphatic heterocycles. The Morgan fingerprint density at radius 2 is 1.90 bits per heavy atom. The normalized spacial score (nSPS) is 14.2. The molecule has 108 valence electrons. The lowest BCUT2D eigenvalue weighted by molar-refractivity contribution is -0.119. The molecule has 0 unspecified atom stereocenters. The van der Waals surface area contributed by atoms with Crippen molar-refractivity contribution in [2.24, 2.45) is 0 Å². The molecule has 0 aliphatic carbocycles. The summed E-state index contributed by atoms with van der Waals surface area (Å²) in [4.78, 5) is 24.9. The van der Waals surface area contributed by atoms with Crippen molar-refractivity contribution in [1.82, 2.24) is 5.32 Å². The first-order chi connectivity index (χ1) is 9.66. The fraction of sp³-hybridized carbons (Fsp3) is 0.467. The summed E-state index contributed by atoms with van der Waals surface area (Å²) < 4.78 is 0. The van der Waals surface area contributed by atoms with Gasteiger partial charge in [-0.05, 0) is 25.0 Å². The third kappa shape index (κ3) is 3.98. The van der Waals surface area contributed by atoms with E-state index < -0.39 is 0 Å². The van der Waals surface area contributed by atoms with E-state index in [1.54, 1.807) is 0 Å². The number of carbonyl (C=O) groups excluding carboxylic acids is 2. The Bertz CT molecular complexity index is 482. The first-order valence-electron chi connectivity index (χ1n) is 7.05. The van der Waals surface area contributed by atoms with Gasteiger partial charge < -0.3 is 15.5 Å². The lowest BCUT2D eigenvalue weighted by Crippen LogP contribution is -2.26. The monoisotopic (exact) mass is 275 g/mol. The number of hydrogen-bond donors (Lipinski definition) is 2. The molecule has 0 saturated carbocycles. The standard InChI is InChI=1S/C15H21N3O2/c1-12(19)16-9-8-15(20)17-13-6-2-3-7-14(13)18-10-4-5-11-18/h2-3,6-7H,4-5,8-11H2,1H3,(H,16,19)(H,17,20). The van der Waals surface area contributed by atoms with Crippen LogP contribution in [0.1, 0.15) is 26.2 Å². The summed E-state index contributed by atoms with van der Waals surface area (Å²) in [6.07, 6.45) is 2.68. The van der Waals surface area contributed by atoms with Gasteiger partial charge in [0, 0.05) is 33.0 Å².